The zero-order valence-corrected chi connectivity index (χ0v) is 7.81. The summed E-state index contributed by atoms with van der Waals surface area (Å²) >= 11 is 0. The molecule has 1 saturated carbocycles. The molecule has 0 spiro atoms. The number of rotatable bonds is 2. The SMILES string of the molecule is C1CC(NC2CCCNCC2)C1. The van der Waals surface area contributed by atoms with Gasteiger partial charge in [0.1, 0.15) is 0 Å². The van der Waals surface area contributed by atoms with Crippen molar-refractivity contribution in [1.82, 2.24) is 10.6 Å². The van der Waals surface area contributed by atoms with E-state index in [1.807, 2.05) is 0 Å². The lowest BCUT2D eigenvalue weighted by molar-refractivity contribution is 0.292. The van der Waals surface area contributed by atoms with Gasteiger partial charge in [0, 0.05) is 12.1 Å². The Kier molecular flexibility index (Phi) is 3.01. The van der Waals surface area contributed by atoms with E-state index in [1.54, 1.807) is 0 Å². The quantitative estimate of drug-likeness (QED) is 0.649. The summed E-state index contributed by atoms with van der Waals surface area (Å²) in [4.78, 5) is 0. The van der Waals surface area contributed by atoms with E-state index in [0.29, 0.717) is 0 Å². The average Bonchev–Trinajstić information content (AvgIpc) is 2.24. The van der Waals surface area contributed by atoms with Crippen LogP contribution < -0.4 is 10.6 Å². The van der Waals surface area contributed by atoms with E-state index in [0.717, 1.165) is 12.1 Å². The molecule has 2 rings (SSSR count). The first-order chi connectivity index (χ1) is 5.95. The highest BCUT2D eigenvalue weighted by molar-refractivity contribution is 4.82. The largest absolute Gasteiger partial charge is 0.317 e. The van der Waals surface area contributed by atoms with Crippen LogP contribution in [-0.4, -0.2) is 25.2 Å². The summed E-state index contributed by atoms with van der Waals surface area (Å²) in [5.74, 6) is 0. The molecule has 1 atom stereocenters. The fraction of sp³-hybridized carbons (Fsp3) is 1.00. The van der Waals surface area contributed by atoms with Crippen LogP contribution in [-0.2, 0) is 0 Å². The van der Waals surface area contributed by atoms with Crippen LogP contribution in [0.25, 0.3) is 0 Å². The molecule has 70 valence electrons. The molecule has 0 bridgehead atoms. The molecule has 2 N–H and O–H groups in total. The van der Waals surface area contributed by atoms with Gasteiger partial charge < -0.3 is 10.6 Å². The Morgan fingerprint density at radius 3 is 2.33 bits per heavy atom. The van der Waals surface area contributed by atoms with Crippen molar-refractivity contribution in [1.29, 1.82) is 0 Å². The van der Waals surface area contributed by atoms with Crippen LogP contribution in [0.3, 0.4) is 0 Å². The fourth-order valence-corrected chi connectivity index (χ4v) is 2.09. The van der Waals surface area contributed by atoms with Crippen molar-refractivity contribution >= 4 is 0 Å². The molecule has 2 fully saturated rings. The molecule has 0 amide bonds. The van der Waals surface area contributed by atoms with Gasteiger partial charge >= 0.3 is 0 Å². The van der Waals surface area contributed by atoms with Crippen molar-refractivity contribution in [3.63, 3.8) is 0 Å². The predicted molar refractivity (Wildman–Crippen MR) is 51.3 cm³/mol. The lowest BCUT2D eigenvalue weighted by atomic mass is 9.91. The van der Waals surface area contributed by atoms with Crippen LogP contribution in [0.1, 0.15) is 38.5 Å². The third-order valence-corrected chi connectivity index (χ3v) is 3.15. The first-order valence-corrected chi connectivity index (χ1v) is 5.42. The normalized spacial score (nSPS) is 32.5. The summed E-state index contributed by atoms with van der Waals surface area (Å²) in [5, 5.41) is 7.20. The summed E-state index contributed by atoms with van der Waals surface area (Å²) in [6.07, 6.45) is 8.35. The molecule has 0 radical (unpaired) electrons. The summed E-state index contributed by atoms with van der Waals surface area (Å²) in [6, 6.07) is 1.68. The molecule has 0 aromatic carbocycles. The van der Waals surface area contributed by atoms with Crippen LogP contribution in [0.15, 0.2) is 0 Å². The second-order valence-electron chi connectivity index (χ2n) is 4.17. The molecule has 1 saturated heterocycles. The molecular weight excluding hydrogens is 148 g/mol. The van der Waals surface area contributed by atoms with E-state index in [-0.39, 0.29) is 0 Å². The fourth-order valence-electron chi connectivity index (χ4n) is 2.09. The third-order valence-electron chi connectivity index (χ3n) is 3.15. The van der Waals surface area contributed by atoms with E-state index in [2.05, 4.69) is 10.6 Å². The molecule has 12 heavy (non-hydrogen) atoms. The highest BCUT2D eigenvalue weighted by Gasteiger charge is 2.21. The van der Waals surface area contributed by atoms with Gasteiger partial charge in [-0.25, -0.2) is 0 Å². The van der Waals surface area contributed by atoms with Crippen LogP contribution in [0.4, 0.5) is 0 Å². The van der Waals surface area contributed by atoms with E-state index in [1.165, 1.54) is 51.6 Å². The Labute approximate surface area is 75.1 Å². The lowest BCUT2D eigenvalue weighted by Crippen LogP contribution is -2.42. The van der Waals surface area contributed by atoms with Gasteiger partial charge in [0.15, 0.2) is 0 Å². The summed E-state index contributed by atoms with van der Waals surface area (Å²) in [7, 11) is 0. The van der Waals surface area contributed by atoms with Crippen molar-refractivity contribution in [2.75, 3.05) is 13.1 Å². The number of hydrogen-bond donors (Lipinski definition) is 2. The molecule has 0 aromatic rings. The van der Waals surface area contributed by atoms with Crippen LogP contribution in [0.2, 0.25) is 0 Å². The van der Waals surface area contributed by atoms with E-state index in [9.17, 15) is 0 Å². The first-order valence-electron chi connectivity index (χ1n) is 5.42. The summed E-state index contributed by atoms with van der Waals surface area (Å²) in [5.41, 5.74) is 0. The Morgan fingerprint density at radius 2 is 1.58 bits per heavy atom. The molecule has 0 aromatic heterocycles. The maximum atomic E-state index is 3.76. The number of hydrogen-bond acceptors (Lipinski definition) is 2. The lowest BCUT2D eigenvalue weighted by Gasteiger charge is -2.31. The minimum Gasteiger partial charge on any atom is -0.317 e. The minimum atomic E-state index is 0.810. The Balaban J connectivity index is 1.69. The Hall–Kier alpha value is -0.0800. The monoisotopic (exact) mass is 168 g/mol. The van der Waals surface area contributed by atoms with Crippen molar-refractivity contribution < 1.29 is 0 Å². The van der Waals surface area contributed by atoms with E-state index >= 15 is 0 Å². The molecule has 2 heteroatoms. The minimum absolute atomic E-state index is 0.810. The summed E-state index contributed by atoms with van der Waals surface area (Å²) < 4.78 is 0. The van der Waals surface area contributed by atoms with Crippen molar-refractivity contribution in [2.24, 2.45) is 0 Å². The molecule has 1 heterocycles. The molecule has 1 aliphatic heterocycles. The predicted octanol–water partition coefficient (Wildman–Crippen LogP) is 1.27. The maximum Gasteiger partial charge on any atom is 0.00822 e. The van der Waals surface area contributed by atoms with Gasteiger partial charge in [-0.05, 0) is 45.2 Å². The van der Waals surface area contributed by atoms with Crippen molar-refractivity contribution in [3.05, 3.63) is 0 Å². The highest BCUT2D eigenvalue weighted by Crippen LogP contribution is 2.20. The second kappa shape index (κ2) is 4.24. The van der Waals surface area contributed by atoms with Gasteiger partial charge in [0.2, 0.25) is 0 Å². The van der Waals surface area contributed by atoms with E-state index in [4.69, 9.17) is 0 Å². The molecule has 2 aliphatic rings. The number of nitrogens with one attached hydrogen (secondary N) is 2. The standard InChI is InChI=1S/C10H20N2/c1-3-9(4-1)12-10-5-2-7-11-8-6-10/h9-12H,1-8H2. The summed E-state index contributed by atoms with van der Waals surface area (Å²) in [6.45, 7) is 2.44. The van der Waals surface area contributed by atoms with Gasteiger partial charge in [0.05, 0.1) is 0 Å². The third kappa shape index (κ3) is 2.20. The smallest absolute Gasteiger partial charge is 0.00822 e. The molecule has 1 aliphatic carbocycles. The molecule has 1 unspecified atom stereocenters. The maximum absolute atomic E-state index is 3.76. The van der Waals surface area contributed by atoms with Crippen molar-refractivity contribution in [2.45, 2.75) is 50.6 Å². The first kappa shape index (κ1) is 8.52. The van der Waals surface area contributed by atoms with Gasteiger partial charge in [-0.2, -0.15) is 0 Å². The van der Waals surface area contributed by atoms with Gasteiger partial charge in [-0.15, -0.1) is 0 Å². The van der Waals surface area contributed by atoms with Gasteiger partial charge in [0.25, 0.3) is 0 Å². The van der Waals surface area contributed by atoms with Crippen molar-refractivity contribution in [3.8, 4) is 0 Å². The van der Waals surface area contributed by atoms with Crippen LogP contribution in [0.5, 0.6) is 0 Å². The van der Waals surface area contributed by atoms with Gasteiger partial charge in [-0.3, -0.25) is 0 Å². The van der Waals surface area contributed by atoms with Gasteiger partial charge in [-0.1, -0.05) is 6.42 Å². The second-order valence-corrected chi connectivity index (χ2v) is 4.17. The van der Waals surface area contributed by atoms with E-state index < -0.39 is 0 Å². The molecule has 2 nitrogen and oxygen atoms in total. The zero-order chi connectivity index (χ0) is 8.23. The molecular formula is C10H20N2. The zero-order valence-electron chi connectivity index (χ0n) is 7.81. The highest BCUT2D eigenvalue weighted by atomic mass is 15.0. The Bertz CT molecular complexity index is 124. The topological polar surface area (TPSA) is 24.1 Å². The van der Waals surface area contributed by atoms with Crippen LogP contribution >= 0.6 is 0 Å². The Morgan fingerprint density at radius 1 is 0.833 bits per heavy atom. The average molecular weight is 168 g/mol. The van der Waals surface area contributed by atoms with Crippen LogP contribution in [0, 0.1) is 0 Å².